The highest BCUT2D eigenvalue weighted by molar-refractivity contribution is 5.52. The molecule has 4 heterocycles. The molecule has 1 N–H and O–H groups in total. The van der Waals surface area contributed by atoms with Crippen molar-refractivity contribution >= 4 is 11.6 Å². The van der Waals surface area contributed by atoms with Crippen LogP contribution in [0.4, 0.5) is 11.6 Å². The molecule has 0 amide bonds. The Hall–Kier alpha value is -2.73. The van der Waals surface area contributed by atoms with Crippen molar-refractivity contribution in [2.45, 2.75) is 39.3 Å². The fraction of sp³-hybridized carbons (Fsp3) is 0.381. The average molecular weight is 362 g/mol. The molecule has 0 aliphatic carbocycles. The molecule has 1 atom stereocenters. The largest absolute Gasteiger partial charge is 0.325 e. The van der Waals surface area contributed by atoms with E-state index in [2.05, 4.69) is 51.3 Å². The van der Waals surface area contributed by atoms with E-state index in [1.165, 1.54) is 29.7 Å². The van der Waals surface area contributed by atoms with E-state index in [0.29, 0.717) is 6.04 Å². The van der Waals surface area contributed by atoms with Crippen molar-refractivity contribution in [3.8, 4) is 0 Å². The lowest BCUT2D eigenvalue weighted by Crippen LogP contribution is -2.23. The second kappa shape index (κ2) is 7.48. The summed E-state index contributed by atoms with van der Waals surface area (Å²) in [5.74, 6) is 1.65. The summed E-state index contributed by atoms with van der Waals surface area (Å²) < 4.78 is 1.98. The highest BCUT2D eigenvalue weighted by Gasteiger charge is 2.27. The topological polar surface area (TPSA) is 58.9 Å². The number of nitrogens with one attached hydrogen (secondary N) is 1. The van der Waals surface area contributed by atoms with Crippen LogP contribution in [-0.4, -0.2) is 31.2 Å². The van der Waals surface area contributed by atoms with Gasteiger partial charge in [0, 0.05) is 43.3 Å². The van der Waals surface area contributed by atoms with Gasteiger partial charge in [0.25, 0.3) is 0 Å². The Bertz CT molecular complexity index is 918. The molecule has 1 fully saturated rings. The summed E-state index contributed by atoms with van der Waals surface area (Å²) in [6, 6.07) is 10.5. The number of likely N-dealkylation sites (tertiary alicyclic amines) is 1. The van der Waals surface area contributed by atoms with Crippen molar-refractivity contribution in [2.24, 2.45) is 7.05 Å². The Labute approximate surface area is 160 Å². The van der Waals surface area contributed by atoms with Crippen LogP contribution in [-0.2, 0) is 13.6 Å². The Morgan fingerprint density at radius 1 is 1.11 bits per heavy atom. The Kier molecular flexibility index (Phi) is 4.90. The fourth-order valence-corrected chi connectivity index (χ4v) is 3.93. The van der Waals surface area contributed by atoms with Gasteiger partial charge in [0.15, 0.2) is 0 Å². The minimum absolute atomic E-state index is 0.413. The van der Waals surface area contributed by atoms with E-state index in [-0.39, 0.29) is 0 Å². The van der Waals surface area contributed by atoms with E-state index >= 15 is 0 Å². The zero-order chi connectivity index (χ0) is 18.8. The Morgan fingerprint density at radius 3 is 2.70 bits per heavy atom. The van der Waals surface area contributed by atoms with Gasteiger partial charge in [-0.1, -0.05) is 6.07 Å². The minimum Gasteiger partial charge on any atom is -0.325 e. The smallest absolute Gasteiger partial charge is 0.131 e. The number of aromatic nitrogens is 4. The van der Waals surface area contributed by atoms with E-state index in [1.54, 1.807) is 6.20 Å². The Balaban J connectivity index is 1.54. The number of aryl methyl sites for hydroxylation is 2. The van der Waals surface area contributed by atoms with Crippen molar-refractivity contribution < 1.29 is 0 Å². The summed E-state index contributed by atoms with van der Waals surface area (Å²) in [5.41, 5.74) is 5.05. The molecular weight excluding hydrogens is 336 g/mol. The van der Waals surface area contributed by atoms with E-state index in [4.69, 9.17) is 0 Å². The van der Waals surface area contributed by atoms with Crippen molar-refractivity contribution in [2.75, 3.05) is 11.9 Å². The van der Waals surface area contributed by atoms with E-state index in [1.807, 2.05) is 36.1 Å². The van der Waals surface area contributed by atoms with Crippen LogP contribution in [0.25, 0.3) is 0 Å². The molecule has 27 heavy (non-hydrogen) atoms. The van der Waals surface area contributed by atoms with Crippen LogP contribution in [0.1, 0.15) is 41.4 Å². The monoisotopic (exact) mass is 362 g/mol. The van der Waals surface area contributed by atoms with E-state index < -0.39 is 0 Å². The lowest BCUT2D eigenvalue weighted by Gasteiger charge is -2.25. The summed E-state index contributed by atoms with van der Waals surface area (Å²) in [5, 5.41) is 7.87. The first-order valence-corrected chi connectivity index (χ1v) is 9.49. The van der Waals surface area contributed by atoms with Crippen molar-refractivity contribution in [1.29, 1.82) is 0 Å². The molecule has 1 aliphatic rings. The zero-order valence-electron chi connectivity index (χ0n) is 16.2. The maximum atomic E-state index is 4.57. The van der Waals surface area contributed by atoms with Crippen LogP contribution < -0.4 is 5.32 Å². The molecular formula is C21H26N6. The summed E-state index contributed by atoms with van der Waals surface area (Å²) >= 11 is 0. The number of rotatable bonds is 5. The molecule has 1 saturated heterocycles. The third kappa shape index (κ3) is 3.71. The van der Waals surface area contributed by atoms with Gasteiger partial charge in [-0.2, -0.15) is 5.10 Å². The molecule has 140 valence electrons. The maximum absolute atomic E-state index is 4.57. The normalized spacial score (nSPS) is 17.4. The number of hydrogen-bond acceptors (Lipinski definition) is 5. The van der Waals surface area contributed by atoms with Crippen LogP contribution in [0.15, 0.2) is 42.7 Å². The van der Waals surface area contributed by atoms with Crippen molar-refractivity contribution in [3.63, 3.8) is 0 Å². The van der Waals surface area contributed by atoms with Crippen LogP contribution in [0.2, 0.25) is 0 Å². The summed E-state index contributed by atoms with van der Waals surface area (Å²) in [6.45, 7) is 6.32. The number of hydrogen-bond donors (Lipinski definition) is 1. The predicted octanol–water partition coefficient (Wildman–Crippen LogP) is 3.91. The predicted molar refractivity (Wildman–Crippen MR) is 107 cm³/mol. The molecule has 4 rings (SSSR count). The summed E-state index contributed by atoms with van der Waals surface area (Å²) in [6.07, 6.45) is 6.06. The quantitative estimate of drug-likeness (QED) is 0.746. The van der Waals surface area contributed by atoms with Gasteiger partial charge in [-0.25, -0.2) is 9.97 Å². The molecule has 3 aromatic rings. The second-order valence-corrected chi connectivity index (χ2v) is 7.22. The van der Waals surface area contributed by atoms with Crippen LogP contribution >= 0.6 is 0 Å². The number of pyridine rings is 2. The van der Waals surface area contributed by atoms with Gasteiger partial charge in [-0.15, -0.1) is 0 Å². The van der Waals surface area contributed by atoms with E-state index in [0.717, 1.165) is 30.4 Å². The average Bonchev–Trinajstić information content (AvgIpc) is 3.23. The molecule has 6 heteroatoms. The van der Waals surface area contributed by atoms with Crippen LogP contribution in [0.5, 0.6) is 0 Å². The molecule has 3 aromatic heterocycles. The lowest BCUT2D eigenvalue weighted by molar-refractivity contribution is 0.247. The Morgan fingerprint density at radius 2 is 1.96 bits per heavy atom. The first kappa shape index (κ1) is 17.7. The molecule has 0 radical (unpaired) electrons. The van der Waals surface area contributed by atoms with E-state index in [9.17, 15) is 0 Å². The zero-order valence-corrected chi connectivity index (χ0v) is 16.2. The van der Waals surface area contributed by atoms with Crippen molar-refractivity contribution in [3.05, 3.63) is 65.2 Å². The third-order valence-corrected chi connectivity index (χ3v) is 5.47. The highest BCUT2D eigenvalue weighted by atomic mass is 15.3. The number of anilines is 2. The first-order chi connectivity index (χ1) is 13.1. The fourth-order valence-electron chi connectivity index (χ4n) is 3.93. The third-order valence-electron chi connectivity index (χ3n) is 5.47. The van der Waals surface area contributed by atoms with Gasteiger partial charge in [0.2, 0.25) is 0 Å². The standard InChI is InChI=1S/C21H26N6/c1-15-18(16(2)26(3)25-15)14-27-12-6-7-19(27)17-9-11-23-21(13-17)24-20-8-4-5-10-22-20/h4-5,8-11,13,19H,6-7,12,14H2,1-3H3,(H,22,23,24)/t19-/m0/s1. The summed E-state index contributed by atoms with van der Waals surface area (Å²) in [7, 11) is 2.02. The van der Waals surface area contributed by atoms with Crippen LogP contribution in [0.3, 0.4) is 0 Å². The van der Waals surface area contributed by atoms with Gasteiger partial charge in [0.1, 0.15) is 11.6 Å². The summed E-state index contributed by atoms with van der Waals surface area (Å²) in [4.78, 5) is 11.4. The minimum atomic E-state index is 0.413. The van der Waals surface area contributed by atoms with Crippen LogP contribution in [0, 0.1) is 13.8 Å². The molecule has 0 saturated carbocycles. The first-order valence-electron chi connectivity index (χ1n) is 9.49. The SMILES string of the molecule is Cc1nn(C)c(C)c1CN1CCC[C@H]1c1ccnc(Nc2ccccn2)c1. The van der Waals surface area contributed by atoms with Gasteiger partial charge >= 0.3 is 0 Å². The molecule has 0 bridgehead atoms. The second-order valence-electron chi connectivity index (χ2n) is 7.22. The van der Waals surface area contributed by atoms with Gasteiger partial charge in [0.05, 0.1) is 5.69 Å². The number of nitrogens with zero attached hydrogens (tertiary/aromatic N) is 5. The van der Waals surface area contributed by atoms with Gasteiger partial charge < -0.3 is 5.32 Å². The molecule has 0 spiro atoms. The molecule has 1 aliphatic heterocycles. The van der Waals surface area contributed by atoms with Gasteiger partial charge in [-0.3, -0.25) is 9.58 Å². The lowest BCUT2D eigenvalue weighted by atomic mass is 10.0. The molecule has 6 nitrogen and oxygen atoms in total. The maximum Gasteiger partial charge on any atom is 0.131 e. The molecule has 0 aromatic carbocycles. The highest BCUT2D eigenvalue weighted by Crippen LogP contribution is 2.34. The van der Waals surface area contributed by atoms with Gasteiger partial charge in [-0.05, 0) is 63.1 Å². The van der Waals surface area contributed by atoms with Crippen molar-refractivity contribution in [1.82, 2.24) is 24.6 Å². The molecule has 0 unspecified atom stereocenters.